The smallest absolute Gasteiger partial charge is 0.246 e. The molecule has 1 N–H and O–H groups in total. The number of nitrogens with one attached hydrogen (secondary N) is 1. The molecule has 2 amide bonds. The number of likely N-dealkylation sites (N-methyl/N-ethyl adjacent to an activating group) is 1. The third kappa shape index (κ3) is 2.18. The molecule has 2 aliphatic rings. The molecule has 1 aromatic rings. The molecular formula is C14H18N2O3. The van der Waals surface area contributed by atoms with Crippen LogP contribution in [0.3, 0.4) is 0 Å². The fourth-order valence-corrected chi connectivity index (χ4v) is 2.97. The molecule has 102 valence electrons. The highest BCUT2D eigenvalue weighted by molar-refractivity contribution is 6.00. The van der Waals surface area contributed by atoms with Gasteiger partial charge in [-0.2, -0.15) is 0 Å². The summed E-state index contributed by atoms with van der Waals surface area (Å²) in [6.07, 6.45) is 5.78. The second-order valence-electron chi connectivity index (χ2n) is 5.29. The second-order valence-corrected chi connectivity index (χ2v) is 5.29. The van der Waals surface area contributed by atoms with Gasteiger partial charge in [-0.1, -0.05) is 0 Å². The highest BCUT2D eigenvalue weighted by atomic mass is 16.3. The van der Waals surface area contributed by atoms with Crippen LogP contribution in [0.4, 0.5) is 0 Å². The number of piperidine rings is 1. The Morgan fingerprint density at radius 3 is 2.95 bits per heavy atom. The van der Waals surface area contributed by atoms with E-state index in [2.05, 4.69) is 5.32 Å². The molecule has 2 heterocycles. The predicted octanol–water partition coefficient (Wildman–Crippen LogP) is 1.39. The van der Waals surface area contributed by atoms with E-state index in [-0.39, 0.29) is 23.9 Å². The third-order valence-corrected chi connectivity index (χ3v) is 4.10. The van der Waals surface area contributed by atoms with Gasteiger partial charge < -0.3 is 4.42 Å². The molecule has 19 heavy (non-hydrogen) atoms. The van der Waals surface area contributed by atoms with Gasteiger partial charge in [-0.05, 0) is 25.3 Å². The van der Waals surface area contributed by atoms with Crippen molar-refractivity contribution < 1.29 is 14.0 Å². The highest BCUT2D eigenvalue weighted by Crippen LogP contribution is 2.31. The summed E-state index contributed by atoms with van der Waals surface area (Å²) in [6, 6.07) is 1.89. The van der Waals surface area contributed by atoms with Crippen molar-refractivity contribution in [1.29, 1.82) is 0 Å². The molecule has 0 saturated carbocycles. The standard InChI is InChI=1S/C14H18N2O3/c1-16-13(17)6-5-11(14(16)18)15-10-3-2-4-12-9(10)7-8-19-12/h7-8,10-11,15H,2-6H2,1H3. The van der Waals surface area contributed by atoms with Crippen LogP contribution in [0.15, 0.2) is 16.7 Å². The van der Waals surface area contributed by atoms with Crippen molar-refractivity contribution in [2.45, 2.75) is 44.2 Å². The maximum atomic E-state index is 12.1. The van der Waals surface area contributed by atoms with E-state index in [0.717, 1.165) is 25.0 Å². The van der Waals surface area contributed by atoms with E-state index in [1.165, 1.54) is 10.5 Å². The maximum absolute atomic E-state index is 12.1. The van der Waals surface area contributed by atoms with Gasteiger partial charge in [0.1, 0.15) is 5.76 Å². The Hall–Kier alpha value is -1.62. The number of fused-ring (bicyclic) bond motifs is 1. The summed E-state index contributed by atoms with van der Waals surface area (Å²) < 4.78 is 5.45. The molecule has 2 unspecified atom stereocenters. The van der Waals surface area contributed by atoms with Crippen LogP contribution >= 0.6 is 0 Å². The van der Waals surface area contributed by atoms with Crippen LogP contribution in [0.2, 0.25) is 0 Å². The molecule has 1 aromatic heterocycles. The molecule has 1 aliphatic carbocycles. The minimum absolute atomic E-state index is 0.0873. The van der Waals surface area contributed by atoms with Gasteiger partial charge in [0.15, 0.2) is 0 Å². The number of carbonyl (C=O) groups excluding carboxylic acids is 2. The minimum Gasteiger partial charge on any atom is -0.469 e. The largest absolute Gasteiger partial charge is 0.469 e. The number of rotatable bonds is 2. The first-order chi connectivity index (χ1) is 9.16. The predicted molar refractivity (Wildman–Crippen MR) is 68.3 cm³/mol. The van der Waals surface area contributed by atoms with Crippen molar-refractivity contribution in [2.75, 3.05) is 7.05 Å². The Bertz CT molecular complexity index is 509. The van der Waals surface area contributed by atoms with Crippen molar-refractivity contribution >= 4 is 11.8 Å². The van der Waals surface area contributed by atoms with Crippen LogP contribution in [-0.2, 0) is 16.0 Å². The van der Waals surface area contributed by atoms with Crippen LogP contribution in [-0.4, -0.2) is 29.8 Å². The molecular weight excluding hydrogens is 244 g/mol. The van der Waals surface area contributed by atoms with Crippen LogP contribution < -0.4 is 5.32 Å². The summed E-state index contributed by atoms with van der Waals surface area (Å²) in [6.45, 7) is 0. The summed E-state index contributed by atoms with van der Waals surface area (Å²) in [5.41, 5.74) is 1.17. The number of hydrogen-bond acceptors (Lipinski definition) is 4. The molecule has 5 heteroatoms. The van der Waals surface area contributed by atoms with E-state index in [1.807, 2.05) is 6.07 Å². The number of carbonyl (C=O) groups is 2. The zero-order valence-corrected chi connectivity index (χ0v) is 11.0. The van der Waals surface area contributed by atoms with Gasteiger partial charge in [0.05, 0.1) is 12.3 Å². The third-order valence-electron chi connectivity index (χ3n) is 4.10. The van der Waals surface area contributed by atoms with Gasteiger partial charge in [-0.3, -0.25) is 19.8 Å². The highest BCUT2D eigenvalue weighted by Gasteiger charge is 2.34. The van der Waals surface area contributed by atoms with Crippen LogP contribution in [0, 0.1) is 0 Å². The Morgan fingerprint density at radius 1 is 1.26 bits per heavy atom. The summed E-state index contributed by atoms with van der Waals surface area (Å²) in [5.74, 6) is 0.819. The lowest BCUT2D eigenvalue weighted by atomic mass is 9.92. The molecule has 0 bridgehead atoms. The van der Waals surface area contributed by atoms with Gasteiger partial charge in [0.2, 0.25) is 11.8 Å². The fraction of sp³-hybridized carbons (Fsp3) is 0.571. The van der Waals surface area contributed by atoms with Gasteiger partial charge in [0.25, 0.3) is 0 Å². The second kappa shape index (κ2) is 4.81. The lowest BCUT2D eigenvalue weighted by molar-refractivity contribution is -0.148. The van der Waals surface area contributed by atoms with Crippen molar-refractivity contribution in [3.05, 3.63) is 23.7 Å². The lowest BCUT2D eigenvalue weighted by Gasteiger charge is -2.32. The van der Waals surface area contributed by atoms with E-state index in [1.54, 1.807) is 13.3 Å². The number of imide groups is 1. The topological polar surface area (TPSA) is 62.6 Å². The number of amides is 2. The van der Waals surface area contributed by atoms with E-state index in [4.69, 9.17) is 4.42 Å². The average Bonchev–Trinajstić information content (AvgIpc) is 2.89. The van der Waals surface area contributed by atoms with E-state index < -0.39 is 0 Å². The SMILES string of the molecule is CN1C(=O)CCC(NC2CCCc3occc32)C1=O. The lowest BCUT2D eigenvalue weighted by Crippen LogP contribution is -2.52. The Labute approximate surface area is 111 Å². The first-order valence-corrected chi connectivity index (χ1v) is 6.79. The van der Waals surface area contributed by atoms with Crippen LogP contribution in [0.25, 0.3) is 0 Å². The van der Waals surface area contributed by atoms with Crippen molar-refractivity contribution in [3.8, 4) is 0 Å². The summed E-state index contributed by atoms with van der Waals surface area (Å²) in [4.78, 5) is 24.8. The molecule has 1 saturated heterocycles. The van der Waals surface area contributed by atoms with Crippen molar-refractivity contribution in [2.24, 2.45) is 0 Å². The minimum atomic E-state index is -0.256. The molecule has 3 rings (SSSR count). The van der Waals surface area contributed by atoms with Gasteiger partial charge in [-0.25, -0.2) is 0 Å². The summed E-state index contributed by atoms with van der Waals surface area (Å²) in [7, 11) is 1.56. The van der Waals surface area contributed by atoms with Crippen molar-refractivity contribution in [3.63, 3.8) is 0 Å². The zero-order valence-electron chi connectivity index (χ0n) is 11.0. The number of aryl methyl sites for hydroxylation is 1. The molecule has 1 fully saturated rings. The van der Waals surface area contributed by atoms with Gasteiger partial charge in [0, 0.05) is 31.5 Å². The van der Waals surface area contributed by atoms with Gasteiger partial charge in [-0.15, -0.1) is 0 Å². The fourth-order valence-electron chi connectivity index (χ4n) is 2.97. The van der Waals surface area contributed by atoms with Crippen LogP contribution in [0.5, 0.6) is 0 Å². The molecule has 0 aromatic carbocycles. The monoisotopic (exact) mass is 262 g/mol. The Kier molecular flexibility index (Phi) is 3.14. The van der Waals surface area contributed by atoms with E-state index in [9.17, 15) is 9.59 Å². The summed E-state index contributed by atoms with van der Waals surface area (Å²) in [5, 5.41) is 3.40. The van der Waals surface area contributed by atoms with E-state index >= 15 is 0 Å². The first-order valence-electron chi connectivity index (χ1n) is 6.79. The number of likely N-dealkylation sites (tertiary alicyclic amines) is 1. The van der Waals surface area contributed by atoms with Crippen LogP contribution in [0.1, 0.15) is 43.0 Å². The van der Waals surface area contributed by atoms with E-state index in [0.29, 0.717) is 12.8 Å². The quantitative estimate of drug-likeness (QED) is 0.818. The van der Waals surface area contributed by atoms with Gasteiger partial charge >= 0.3 is 0 Å². The van der Waals surface area contributed by atoms with Crippen molar-refractivity contribution in [1.82, 2.24) is 10.2 Å². The molecule has 0 radical (unpaired) electrons. The molecule has 1 aliphatic heterocycles. The number of furan rings is 1. The Morgan fingerprint density at radius 2 is 2.11 bits per heavy atom. The number of hydrogen-bond donors (Lipinski definition) is 1. The average molecular weight is 262 g/mol. The Balaban J connectivity index is 1.73. The summed E-state index contributed by atoms with van der Waals surface area (Å²) >= 11 is 0. The number of nitrogens with zero attached hydrogens (tertiary/aromatic N) is 1. The normalized spacial score (nSPS) is 27.5. The first kappa shape index (κ1) is 12.4. The molecule has 0 spiro atoms. The zero-order chi connectivity index (χ0) is 13.4. The maximum Gasteiger partial charge on any atom is 0.246 e. The molecule has 2 atom stereocenters. The molecule has 5 nitrogen and oxygen atoms in total.